The van der Waals surface area contributed by atoms with Gasteiger partial charge < -0.3 is 15.3 Å². The Labute approximate surface area is 124 Å². The highest BCUT2D eigenvalue weighted by Crippen LogP contribution is 2.29. The van der Waals surface area contributed by atoms with Crippen LogP contribution in [0.2, 0.25) is 0 Å². The van der Waals surface area contributed by atoms with E-state index >= 15 is 0 Å². The second-order valence-corrected chi connectivity index (χ2v) is 6.37. The topological polar surface area (TPSA) is 86.7 Å². The molecule has 3 unspecified atom stereocenters. The third-order valence-corrected chi connectivity index (χ3v) is 4.57. The molecule has 1 aliphatic heterocycles. The average Bonchev–Trinajstić information content (AvgIpc) is 2.80. The Morgan fingerprint density at radius 2 is 1.90 bits per heavy atom. The van der Waals surface area contributed by atoms with Gasteiger partial charge >= 0.3 is 5.97 Å². The number of rotatable bonds is 4. The van der Waals surface area contributed by atoms with Crippen LogP contribution in [-0.4, -0.2) is 46.4 Å². The molecule has 0 aromatic heterocycles. The lowest BCUT2D eigenvalue weighted by Gasteiger charge is -2.27. The van der Waals surface area contributed by atoms with E-state index in [0.29, 0.717) is 32.2 Å². The van der Waals surface area contributed by atoms with Crippen molar-refractivity contribution in [3.8, 4) is 0 Å². The number of carbonyl (C=O) groups is 3. The Morgan fingerprint density at radius 3 is 2.48 bits per heavy atom. The molecule has 1 heterocycles. The van der Waals surface area contributed by atoms with Crippen LogP contribution in [0, 0.1) is 11.8 Å². The van der Waals surface area contributed by atoms with Gasteiger partial charge in [0.2, 0.25) is 11.8 Å². The van der Waals surface area contributed by atoms with Crippen molar-refractivity contribution in [3.05, 3.63) is 0 Å². The zero-order valence-corrected chi connectivity index (χ0v) is 12.7. The van der Waals surface area contributed by atoms with Gasteiger partial charge in [-0.1, -0.05) is 6.42 Å². The second-order valence-electron chi connectivity index (χ2n) is 6.37. The van der Waals surface area contributed by atoms with Crippen molar-refractivity contribution in [1.82, 2.24) is 10.2 Å². The molecule has 0 spiro atoms. The summed E-state index contributed by atoms with van der Waals surface area (Å²) in [5.74, 6) is -1.72. The molecule has 0 radical (unpaired) electrons. The van der Waals surface area contributed by atoms with E-state index in [-0.39, 0.29) is 23.8 Å². The number of aliphatic carboxylic acids is 1. The first kappa shape index (κ1) is 15.8. The monoisotopic (exact) mass is 296 g/mol. The minimum atomic E-state index is -0.824. The Morgan fingerprint density at radius 1 is 1.24 bits per heavy atom. The van der Waals surface area contributed by atoms with E-state index in [4.69, 9.17) is 5.11 Å². The van der Waals surface area contributed by atoms with Gasteiger partial charge in [0.15, 0.2) is 0 Å². The number of carbonyl (C=O) groups excluding carboxylic acids is 2. The van der Waals surface area contributed by atoms with Crippen molar-refractivity contribution >= 4 is 17.8 Å². The largest absolute Gasteiger partial charge is 0.481 e. The van der Waals surface area contributed by atoms with Crippen LogP contribution in [0.3, 0.4) is 0 Å². The Bertz CT molecular complexity index is 435. The van der Waals surface area contributed by atoms with E-state index in [1.807, 2.05) is 13.8 Å². The van der Waals surface area contributed by atoms with Gasteiger partial charge in [0.05, 0.1) is 5.92 Å². The van der Waals surface area contributed by atoms with Crippen molar-refractivity contribution < 1.29 is 19.5 Å². The first-order valence-electron chi connectivity index (χ1n) is 7.73. The third kappa shape index (κ3) is 3.54. The molecule has 6 heteroatoms. The Kier molecular flexibility index (Phi) is 4.85. The first-order valence-corrected chi connectivity index (χ1v) is 7.73. The average molecular weight is 296 g/mol. The molecule has 0 aromatic rings. The SMILES string of the molecule is CC(C)N1CCC(NC(=O)C2CCCC(C(=O)O)C2)C1=O. The summed E-state index contributed by atoms with van der Waals surface area (Å²) in [6.45, 7) is 4.59. The molecule has 3 atom stereocenters. The molecule has 2 aliphatic rings. The summed E-state index contributed by atoms with van der Waals surface area (Å²) >= 11 is 0. The quantitative estimate of drug-likeness (QED) is 0.810. The molecule has 1 saturated carbocycles. The van der Waals surface area contributed by atoms with Crippen LogP contribution in [-0.2, 0) is 14.4 Å². The number of hydrogen-bond acceptors (Lipinski definition) is 3. The number of amides is 2. The first-order chi connectivity index (χ1) is 9.90. The van der Waals surface area contributed by atoms with Crippen LogP contribution in [0.25, 0.3) is 0 Å². The van der Waals surface area contributed by atoms with Gasteiger partial charge in [-0.05, 0) is 39.5 Å². The summed E-state index contributed by atoms with van der Waals surface area (Å²) in [7, 11) is 0. The molecule has 6 nitrogen and oxygen atoms in total. The zero-order valence-electron chi connectivity index (χ0n) is 12.7. The van der Waals surface area contributed by atoms with Crippen LogP contribution >= 0.6 is 0 Å². The van der Waals surface area contributed by atoms with E-state index in [0.717, 1.165) is 6.42 Å². The normalized spacial score (nSPS) is 29.8. The highest BCUT2D eigenvalue weighted by Gasteiger charge is 2.37. The summed E-state index contributed by atoms with van der Waals surface area (Å²) in [5, 5.41) is 11.9. The van der Waals surface area contributed by atoms with Crippen molar-refractivity contribution in [3.63, 3.8) is 0 Å². The number of carboxylic acids is 1. The summed E-state index contributed by atoms with van der Waals surface area (Å²) in [4.78, 5) is 37.2. The maximum absolute atomic E-state index is 12.3. The van der Waals surface area contributed by atoms with Crippen LogP contribution in [0.1, 0.15) is 46.0 Å². The summed E-state index contributed by atoms with van der Waals surface area (Å²) in [6, 6.07) is -0.296. The van der Waals surface area contributed by atoms with Gasteiger partial charge in [-0.15, -0.1) is 0 Å². The highest BCUT2D eigenvalue weighted by atomic mass is 16.4. The summed E-state index contributed by atoms with van der Waals surface area (Å²) < 4.78 is 0. The smallest absolute Gasteiger partial charge is 0.306 e. The van der Waals surface area contributed by atoms with Crippen LogP contribution in [0.5, 0.6) is 0 Å². The van der Waals surface area contributed by atoms with Gasteiger partial charge in [0, 0.05) is 18.5 Å². The molecule has 0 aromatic carbocycles. The van der Waals surface area contributed by atoms with Crippen molar-refractivity contribution in [1.29, 1.82) is 0 Å². The maximum atomic E-state index is 12.3. The van der Waals surface area contributed by atoms with Crippen LogP contribution in [0.4, 0.5) is 0 Å². The number of nitrogens with one attached hydrogen (secondary N) is 1. The molecule has 0 bridgehead atoms. The summed E-state index contributed by atoms with van der Waals surface area (Å²) in [5.41, 5.74) is 0. The maximum Gasteiger partial charge on any atom is 0.306 e. The molecular formula is C15H24N2O4. The fourth-order valence-corrected chi connectivity index (χ4v) is 3.29. The predicted molar refractivity (Wildman–Crippen MR) is 76.5 cm³/mol. The van der Waals surface area contributed by atoms with Crippen LogP contribution < -0.4 is 5.32 Å². The molecular weight excluding hydrogens is 272 g/mol. The Hall–Kier alpha value is -1.59. The van der Waals surface area contributed by atoms with E-state index in [9.17, 15) is 14.4 Å². The molecule has 2 amide bonds. The van der Waals surface area contributed by atoms with Gasteiger partial charge in [-0.25, -0.2) is 0 Å². The molecule has 21 heavy (non-hydrogen) atoms. The predicted octanol–water partition coefficient (Wildman–Crippen LogP) is 1.00. The molecule has 1 saturated heterocycles. The van der Waals surface area contributed by atoms with Gasteiger partial charge in [0.25, 0.3) is 0 Å². The number of likely N-dealkylation sites (tertiary alicyclic amines) is 1. The molecule has 118 valence electrons. The van der Waals surface area contributed by atoms with Crippen molar-refractivity contribution in [2.24, 2.45) is 11.8 Å². The van der Waals surface area contributed by atoms with E-state index < -0.39 is 17.9 Å². The lowest BCUT2D eigenvalue weighted by Crippen LogP contribution is -2.46. The number of nitrogens with zero attached hydrogens (tertiary/aromatic N) is 1. The number of carboxylic acid groups (broad SMARTS) is 1. The van der Waals surface area contributed by atoms with Crippen molar-refractivity contribution in [2.45, 2.75) is 58.0 Å². The summed E-state index contributed by atoms with van der Waals surface area (Å²) in [6.07, 6.45) is 3.13. The standard InChI is InChI=1S/C15H24N2O4/c1-9(2)17-7-6-12(14(17)19)16-13(18)10-4-3-5-11(8-10)15(20)21/h9-12H,3-8H2,1-2H3,(H,16,18)(H,20,21). The van der Waals surface area contributed by atoms with E-state index in [1.165, 1.54) is 0 Å². The fourth-order valence-electron chi connectivity index (χ4n) is 3.29. The lowest BCUT2D eigenvalue weighted by atomic mass is 9.81. The van der Waals surface area contributed by atoms with Gasteiger partial charge in [-0.2, -0.15) is 0 Å². The lowest BCUT2D eigenvalue weighted by molar-refractivity contribution is -0.144. The Balaban J connectivity index is 1.90. The third-order valence-electron chi connectivity index (χ3n) is 4.57. The van der Waals surface area contributed by atoms with Crippen LogP contribution in [0.15, 0.2) is 0 Å². The van der Waals surface area contributed by atoms with E-state index in [2.05, 4.69) is 5.32 Å². The molecule has 2 rings (SSSR count). The van der Waals surface area contributed by atoms with E-state index in [1.54, 1.807) is 4.90 Å². The minimum Gasteiger partial charge on any atom is -0.481 e. The van der Waals surface area contributed by atoms with Gasteiger partial charge in [0.1, 0.15) is 6.04 Å². The highest BCUT2D eigenvalue weighted by molar-refractivity contribution is 5.90. The molecule has 2 fully saturated rings. The fraction of sp³-hybridized carbons (Fsp3) is 0.800. The second kappa shape index (κ2) is 6.45. The molecule has 2 N–H and O–H groups in total. The zero-order chi connectivity index (χ0) is 15.6. The van der Waals surface area contributed by atoms with Crippen molar-refractivity contribution in [2.75, 3.05) is 6.54 Å². The minimum absolute atomic E-state index is 0.0241. The number of hydrogen-bond donors (Lipinski definition) is 2. The van der Waals surface area contributed by atoms with Gasteiger partial charge in [-0.3, -0.25) is 14.4 Å². The molecule has 1 aliphatic carbocycles.